The van der Waals surface area contributed by atoms with E-state index in [9.17, 15) is 4.79 Å². The Bertz CT molecular complexity index is 845. The molecule has 1 aromatic carbocycles. The van der Waals surface area contributed by atoms with Crippen molar-refractivity contribution in [2.24, 2.45) is 0 Å². The molecule has 0 bridgehead atoms. The number of pyridine rings is 2. The summed E-state index contributed by atoms with van der Waals surface area (Å²) in [7, 11) is 0. The van der Waals surface area contributed by atoms with Gasteiger partial charge in [0.05, 0.1) is 11.4 Å². The number of aromatic nitrogens is 2. The van der Waals surface area contributed by atoms with Crippen LogP contribution in [0.1, 0.15) is 11.3 Å². The molecule has 3 rings (SSSR count). The average Bonchev–Trinajstić information content (AvgIpc) is 2.48. The second kappa shape index (κ2) is 5.81. The molecule has 5 nitrogen and oxygen atoms in total. The minimum absolute atomic E-state index is 0.293. The summed E-state index contributed by atoms with van der Waals surface area (Å²) in [6.45, 7) is 3.82. The lowest BCUT2D eigenvalue weighted by atomic mass is 10.2. The van der Waals surface area contributed by atoms with Crippen LogP contribution in [0.3, 0.4) is 0 Å². The smallest absolute Gasteiger partial charge is 0.308 e. The molecule has 0 unspecified atom stereocenters. The molecule has 2 heterocycles. The van der Waals surface area contributed by atoms with Crippen molar-refractivity contribution in [3.63, 3.8) is 0 Å². The predicted molar refractivity (Wildman–Crippen MR) is 88.1 cm³/mol. The summed E-state index contributed by atoms with van der Waals surface area (Å²) in [4.78, 5) is 20.7. The molecule has 3 aromatic rings. The van der Waals surface area contributed by atoms with E-state index in [0.29, 0.717) is 11.3 Å². The van der Waals surface area contributed by atoms with Crippen molar-refractivity contribution in [2.45, 2.75) is 13.8 Å². The SMILES string of the molecule is Cc1cccc(NC(=O)Nc2cc3cccnc3nc2C)c1. The first kappa shape index (κ1) is 14.0. The summed E-state index contributed by atoms with van der Waals surface area (Å²) in [5, 5.41) is 6.53. The van der Waals surface area contributed by atoms with Crippen molar-refractivity contribution >= 4 is 28.4 Å². The Hall–Kier alpha value is -2.95. The maximum absolute atomic E-state index is 12.1. The Kier molecular flexibility index (Phi) is 3.70. The molecule has 110 valence electrons. The molecule has 2 amide bonds. The van der Waals surface area contributed by atoms with E-state index in [2.05, 4.69) is 20.6 Å². The van der Waals surface area contributed by atoms with Gasteiger partial charge in [0.25, 0.3) is 0 Å². The van der Waals surface area contributed by atoms with Crippen LogP contribution in [0.4, 0.5) is 16.2 Å². The van der Waals surface area contributed by atoms with Crippen LogP contribution in [0.15, 0.2) is 48.7 Å². The van der Waals surface area contributed by atoms with Crippen molar-refractivity contribution in [3.8, 4) is 0 Å². The lowest BCUT2D eigenvalue weighted by molar-refractivity contribution is 0.262. The largest absolute Gasteiger partial charge is 0.323 e. The van der Waals surface area contributed by atoms with E-state index in [0.717, 1.165) is 22.3 Å². The number of hydrogen-bond donors (Lipinski definition) is 2. The number of rotatable bonds is 2. The highest BCUT2D eigenvalue weighted by Crippen LogP contribution is 2.19. The molecule has 0 spiro atoms. The number of urea groups is 1. The fourth-order valence-corrected chi connectivity index (χ4v) is 2.23. The molecule has 0 fully saturated rings. The molecular weight excluding hydrogens is 276 g/mol. The number of benzene rings is 1. The second-order valence-corrected chi connectivity index (χ2v) is 5.12. The zero-order valence-corrected chi connectivity index (χ0v) is 12.4. The number of nitrogens with one attached hydrogen (secondary N) is 2. The third-order valence-corrected chi connectivity index (χ3v) is 3.30. The van der Waals surface area contributed by atoms with Crippen LogP contribution >= 0.6 is 0 Å². The highest BCUT2D eigenvalue weighted by atomic mass is 16.2. The number of nitrogens with zero attached hydrogens (tertiary/aromatic N) is 2. The van der Waals surface area contributed by atoms with E-state index in [1.54, 1.807) is 6.20 Å². The standard InChI is InChI=1S/C17H16N4O/c1-11-5-3-7-14(9-11)20-17(22)21-15-10-13-6-4-8-18-16(13)19-12(15)2/h3-10H,1-2H3,(H2,20,21,22). The fourth-order valence-electron chi connectivity index (χ4n) is 2.23. The highest BCUT2D eigenvalue weighted by Gasteiger charge is 2.08. The van der Waals surface area contributed by atoms with Crippen molar-refractivity contribution in [1.29, 1.82) is 0 Å². The van der Waals surface area contributed by atoms with Crippen LogP contribution in [0.2, 0.25) is 0 Å². The maximum atomic E-state index is 12.1. The molecule has 22 heavy (non-hydrogen) atoms. The van der Waals surface area contributed by atoms with Gasteiger partial charge in [-0.25, -0.2) is 14.8 Å². The third-order valence-electron chi connectivity index (χ3n) is 3.30. The monoisotopic (exact) mass is 292 g/mol. The normalized spacial score (nSPS) is 10.5. The number of amides is 2. The summed E-state index contributed by atoms with van der Waals surface area (Å²) < 4.78 is 0. The molecule has 2 N–H and O–H groups in total. The summed E-state index contributed by atoms with van der Waals surface area (Å²) in [6, 6.07) is 13.0. The first-order valence-corrected chi connectivity index (χ1v) is 6.99. The van der Waals surface area contributed by atoms with Crippen LogP contribution < -0.4 is 10.6 Å². The average molecular weight is 292 g/mol. The minimum Gasteiger partial charge on any atom is -0.308 e. The van der Waals surface area contributed by atoms with Crippen molar-refractivity contribution in [2.75, 3.05) is 10.6 Å². The molecule has 0 saturated heterocycles. The predicted octanol–water partition coefficient (Wildman–Crippen LogP) is 3.89. The molecular formula is C17H16N4O. The van der Waals surface area contributed by atoms with Gasteiger partial charge in [-0.05, 0) is 49.7 Å². The number of fused-ring (bicyclic) bond motifs is 1. The lowest BCUT2D eigenvalue weighted by Crippen LogP contribution is -2.20. The van der Waals surface area contributed by atoms with Gasteiger partial charge in [0.15, 0.2) is 5.65 Å². The Balaban J connectivity index is 1.80. The summed E-state index contributed by atoms with van der Waals surface area (Å²) >= 11 is 0. The maximum Gasteiger partial charge on any atom is 0.323 e. The number of aryl methyl sites for hydroxylation is 2. The highest BCUT2D eigenvalue weighted by molar-refractivity contribution is 6.01. The Morgan fingerprint density at radius 1 is 1.05 bits per heavy atom. The summed E-state index contributed by atoms with van der Waals surface area (Å²) in [5.41, 5.74) is 3.92. The van der Waals surface area contributed by atoms with Gasteiger partial charge in [0, 0.05) is 17.3 Å². The molecule has 0 radical (unpaired) electrons. The van der Waals surface area contributed by atoms with Crippen LogP contribution in [-0.4, -0.2) is 16.0 Å². The Labute approximate surface area is 128 Å². The molecule has 0 atom stereocenters. The van der Waals surface area contributed by atoms with Crippen molar-refractivity contribution < 1.29 is 4.79 Å². The minimum atomic E-state index is -0.293. The van der Waals surface area contributed by atoms with Gasteiger partial charge in [0.2, 0.25) is 0 Å². The molecule has 2 aromatic heterocycles. The number of hydrogen-bond acceptors (Lipinski definition) is 3. The van der Waals surface area contributed by atoms with Gasteiger partial charge in [-0.15, -0.1) is 0 Å². The van der Waals surface area contributed by atoms with Crippen LogP contribution in [0.5, 0.6) is 0 Å². The topological polar surface area (TPSA) is 66.9 Å². The fraction of sp³-hybridized carbons (Fsp3) is 0.118. The van der Waals surface area contributed by atoms with E-state index in [-0.39, 0.29) is 6.03 Å². The molecule has 0 aliphatic heterocycles. The van der Waals surface area contributed by atoms with E-state index in [1.807, 2.05) is 56.3 Å². The lowest BCUT2D eigenvalue weighted by Gasteiger charge is -2.10. The van der Waals surface area contributed by atoms with Gasteiger partial charge >= 0.3 is 6.03 Å². The van der Waals surface area contributed by atoms with E-state index in [1.165, 1.54) is 0 Å². The summed E-state index contributed by atoms with van der Waals surface area (Å²) in [5.74, 6) is 0. The van der Waals surface area contributed by atoms with Crippen molar-refractivity contribution in [1.82, 2.24) is 9.97 Å². The Morgan fingerprint density at radius 2 is 1.91 bits per heavy atom. The first-order valence-electron chi connectivity index (χ1n) is 6.99. The van der Waals surface area contributed by atoms with Crippen LogP contribution in [0, 0.1) is 13.8 Å². The van der Waals surface area contributed by atoms with Gasteiger partial charge in [-0.2, -0.15) is 0 Å². The zero-order chi connectivity index (χ0) is 15.5. The van der Waals surface area contributed by atoms with Crippen LogP contribution in [0.25, 0.3) is 11.0 Å². The first-order chi connectivity index (χ1) is 10.6. The van der Waals surface area contributed by atoms with E-state index in [4.69, 9.17) is 0 Å². The van der Waals surface area contributed by atoms with Gasteiger partial charge in [0.1, 0.15) is 0 Å². The number of carbonyl (C=O) groups is 1. The van der Waals surface area contributed by atoms with Crippen LogP contribution in [-0.2, 0) is 0 Å². The molecule has 0 saturated carbocycles. The van der Waals surface area contributed by atoms with Gasteiger partial charge in [-0.1, -0.05) is 12.1 Å². The zero-order valence-electron chi connectivity index (χ0n) is 12.4. The van der Waals surface area contributed by atoms with Gasteiger partial charge in [-0.3, -0.25) is 0 Å². The van der Waals surface area contributed by atoms with Gasteiger partial charge < -0.3 is 10.6 Å². The number of anilines is 2. The molecule has 0 aliphatic rings. The van der Waals surface area contributed by atoms with E-state index < -0.39 is 0 Å². The Morgan fingerprint density at radius 3 is 2.73 bits per heavy atom. The third kappa shape index (κ3) is 3.03. The van der Waals surface area contributed by atoms with E-state index >= 15 is 0 Å². The molecule has 0 aliphatic carbocycles. The van der Waals surface area contributed by atoms with Crippen molar-refractivity contribution in [3.05, 3.63) is 59.9 Å². The number of carbonyl (C=O) groups excluding carboxylic acids is 1. The second-order valence-electron chi connectivity index (χ2n) is 5.12. The quantitative estimate of drug-likeness (QED) is 0.753. The summed E-state index contributed by atoms with van der Waals surface area (Å²) in [6.07, 6.45) is 1.70. The molecule has 5 heteroatoms.